The van der Waals surface area contributed by atoms with Crippen LogP contribution in [0.5, 0.6) is 0 Å². The molecule has 1 N–H and O–H groups in total. The minimum Gasteiger partial charge on any atom is -0.392 e. The van der Waals surface area contributed by atoms with E-state index in [9.17, 15) is 5.11 Å². The van der Waals surface area contributed by atoms with Crippen LogP contribution in [0.4, 0.5) is 0 Å². The molecule has 0 aromatic rings. The van der Waals surface area contributed by atoms with Crippen LogP contribution in [0, 0.1) is 5.92 Å². The average Bonchev–Trinajstić information content (AvgIpc) is 2.99. The minimum absolute atomic E-state index is 0.114. The van der Waals surface area contributed by atoms with E-state index in [1.165, 1.54) is 12.8 Å². The zero-order chi connectivity index (χ0) is 10.4. The summed E-state index contributed by atoms with van der Waals surface area (Å²) in [6, 6.07) is 0. The van der Waals surface area contributed by atoms with Crippen molar-refractivity contribution in [3.05, 3.63) is 0 Å². The lowest BCUT2D eigenvalue weighted by Gasteiger charge is -2.23. The molecule has 1 fully saturated rings. The number of ether oxygens (including phenoxy) is 1. The number of nitrogens with zero attached hydrogens (tertiary/aromatic N) is 1. The predicted molar refractivity (Wildman–Crippen MR) is 57.3 cm³/mol. The second-order valence-corrected chi connectivity index (χ2v) is 3.99. The van der Waals surface area contributed by atoms with Crippen LogP contribution in [0.3, 0.4) is 0 Å². The molecule has 1 aliphatic carbocycles. The van der Waals surface area contributed by atoms with Crippen molar-refractivity contribution in [3.63, 3.8) is 0 Å². The molecule has 1 saturated carbocycles. The lowest BCUT2D eigenvalue weighted by Crippen LogP contribution is -2.35. The summed E-state index contributed by atoms with van der Waals surface area (Å²) >= 11 is 0. The fourth-order valence-electron chi connectivity index (χ4n) is 1.61. The number of aliphatic hydroxyl groups is 1. The first kappa shape index (κ1) is 12.0. The molecule has 3 nitrogen and oxygen atoms in total. The van der Waals surface area contributed by atoms with Gasteiger partial charge in [0.15, 0.2) is 0 Å². The van der Waals surface area contributed by atoms with Gasteiger partial charge in [-0.3, -0.25) is 4.90 Å². The van der Waals surface area contributed by atoms with Crippen molar-refractivity contribution in [2.45, 2.75) is 32.8 Å². The molecule has 0 amide bonds. The molecule has 0 saturated heterocycles. The van der Waals surface area contributed by atoms with Gasteiger partial charge in [-0.05, 0) is 32.2 Å². The Balaban J connectivity index is 2.09. The van der Waals surface area contributed by atoms with E-state index < -0.39 is 0 Å². The third-order valence-electron chi connectivity index (χ3n) is 2.81. The summed E-state index contributed by atoms with van der Waals surface area (Å²) in [4.78, 5) is 2.26. The molecular weight excluding hydrogens is 178 g/mol. The summed E-state index contributed by atoms with van der Waals surface area (Å²) in [5.74, 6) is 0.580. The summed E-state index contributed by atoms with van der Waals surface area (Å²) < 4.78 is 5.30. The van der Waals surface area contributed by atoms with Crippen LogP contribution in [0.25, 0.3) is 0 Å². The van der Waals surface area contributed by atoms with Crippen molar-refractivity contribution in [1.82, 2.24) is 4.90 Å². The van der Waals surface area contributed by atoms with Crippen molar-refractivity contribution < 1.29 is 9.84 Å². The number of likely N-dealkylation sites (N-methyl/N-ethyl adjacent to an activating group) is 1. The zero-order valence-electron chi connectivity index (χ0n) is 9.41. The first-order valence-corrected chi connectivity index (χ1v) is 5.76. The van der Waals surface area contributed by atoms with E-state index in [1.54, 1.807) is 0 Å². The molecule has 0 aromatic heterocycles. The number of hydrogen-bond donors (Lipinski definition) is 1. The van der Waals surface area contributed by atoms with Gasteiger partial charge in [-0.2, -0.15) is 0 Å². The number of rotatable bonds is 8. The molecule has 0 bridgehead atoms. The summed E-state index contributed by atoms with van der Waals surface area (Å²) in [5.41, 5.74) is 0. The van der Waals surface area contributed by atoms with Gasteiger partial charge in [0.05, 0.1) is 12.7 Å². The molecule has 3 heteroatoms. The second kappa shape index (κ2) is 6.38. The normalized spacial score (nSPS) is 18.9. The summed E-state index contributed by atoms with van der Waals surface area (Å²) in [6.45, 7) is 8.45. The van der Waals surface area contributed by atoms with Crippen LogP contribution >= 0.6 is 0 Å². The highest BCUT2D eigenvalue weighted by Crippen LogP contribution is 2.32. The fraction of sp³-hybridized carbons (Fsp3) is 1.00. The van der Waals surface area contributed by atoms with Crippen LogP contribution in [0.2, 0.25) is 0 Å². The quantitative estimate of drug-likeness (QED) is 0.597. The molecule has 84 valence electrons. The van der Waals surface area contributed by atoms with Crippen LogP contribution < -0.4 is 0 Å². The summed E-state index contributed by atoms with van der Waals surface area (Å²) in [5, 5.41) is 9.76. The van der Waals surface area contributed by atoms with Gasteiger partial charge < -0.3 is 9.84 Å². The van der Waals surface area contributed by atoms with Crippen molar-refractivity contribution in [3.8, 4) is 0 Å². The van der Waals surface area contributed by atoms with Gasteiger partial charge >= 0.3 is 0 Å². The molecule has 1 rings (SSSR count). The molecule has 0 aliphatic heterocycles. The maximum atomic E-state index is 9.76. The molecule has 0 radical (unpaired) electrons. The molecule has 1 atom stereocenters. The van der Waals surface area contributed by atoms with Gasteiger partial charge in [0.2, 0.25) is 0 Å². The molecule has 0 heterocycles. The van der Waals surface area contributed by atoms with Crippen molar-refractivity contribution in [2.24, 2.45) is 5.92 Å². The summed E-state index contributed by atoms with van der Waals surface area (Å²) in [7, 11) is 0. The Hall–Kier alpha value is -0.120. The fourth-order valence-corrected chi connectivity index (χ4v) is 1.61. The van der Waals surface area contributed by atoms with E-state index in [4.69, 9.17) is 4.74 Å². The van der Waals surface area contributed by atoms with Gasteiger partial charge in [0.1, 0.15) is 0 Å². The third-order valence-corrected chi connectivity index (χ3v) is 2.81. The van der Waals surface area contributed by atoms with E-state index in [-0.39, 0.29) is 6.10 Å². The highest BCUT2D eigenvalue weighted by molar-refractivity contribution is 4.82. The van der Waals surface area contributed by atoms with Crippen molar-refractivity contribution in [2.75, 3.05) is 32.8 Å². The molecule has 1 aliphatic rings. The van der Waals surface area contributed by atoms with Gasteiger partial charge in [0, 0.05) is 19.7 Å². The van der Waals surface area contributed by atoms with Gasteiger partial charge in [0.25, 0.3) is 0 Å². The van der Waals surface area contributed by atoms with E-state index in [2.05, 4.69) is 11.8 Å². The predicted octanol–water partition coefficient (Wildman–Crippen LogP) is 1.12. The van der Waals surface area contributed by atoms with Crippen LogP contribution in [0.15, 0.2) is 0 Å². The van der Waals surface area contributed by atoms with E-state index in [0.717, 1.165) is 32.8 Å². The smallest absolute Gasteiger partial charge is 0.0695 e. The SMILES string of the molecule is CCOCCN(CC)CC(O)C1CC1. The van der Waals surface area contributed by atoms with Crippen LogP contribution in [0.1, 0.15) is 26.7 Å². The van der Waals surface area contributed by atoms with Gasteiger partial charge in [-0.25, -0.2) is 0 Å². The first-order valence-electron chi connectivity index (χ1n) is 5.76. The van der Waals surface area contributed by atoms with E-state index >= 15 is 0 Å². The van der Waals surface area contributed by atoms with Gasteiger partial charge in [-0.15, -0.1) is 0 Å². The second-order valence-electron chi connectivity index (χ2n) is 3.99. The monoisotopic (exact) mass is 201 g/mol. The Labute approximate surface area is 87.1 Å². The van der Waals surface area contributed by atoms with Gasteiger partial charge in [-0.1, -0.05) is 6.92 Å². The molecule has 14 heavy (non-hydrogen) atoms. The minimum atomic E-state index is -0.114. The Morgan fingerprint density at radius 2 is 2.14 bits per heavy atom. The Morgan fingerprint density at radius 3 is 2.64 bits per heavy atom. The highest BCUT2D eigenvalue weighted by Gasteiger charge is 2.30. The maximum absolute atomic E-state index is 9.76. The topological polar surface area (TPSA) is 32.7 Å². The number of aliphatic hydroxyl groups excluding tert-OH is 1. The van der Waals surface area contributed by atoms with E-state index in [1.807, 2.05) is 6.92 Å². The maximum Gasteiger partial charge on any atom is 0.0695 e. The lowest BCUT2D eigenvalue weighted by atomic mass is 10.2. The first-order chi connectivity index (χ1) is 6.77. The van der Waals surface area contributed by atoms with Crippen LogP contribution in [-0.2, 0) is 4.74 Å². The molecule has 1 unspecified atom stereocenters. The third kappa shape index (κ3) is 4.40. The molecule has 0 spiro atoms. The molecular formula is C11H23NO2. The standard InChI is InChI=1S/C11H23NO2/c1-3-12(7-8-14-4-2)9-11(13)10-5-6-10/h10-11,13H,3-9H2,1-2H3. The lowest BCUT2D eigenvalue weighted by molar-refractivity contribution is 0.0700. The molecule has 0 aromatic carbocycles. The Morgan fingerprint density at radius 1 is 1.43 bits per heavy atom. The number of hydrogen-bond acceptors (Lipinski definition) is 3. The Kier molecular flexibility index (Phi) is 5.45. The van der Waals surface area contributed by atoms with Crippen molar-refractivity contribution in [1.29, 1.82) is 0 Å². The summed E-state index contributed by atoms with van der Waals surface area (Å²) in [6.07, 6.45) is 2.31. The largest absolute Gasteiger partial charge is 0.392 e. The zero-order valence-corrected chi connectivity index (χ0v) is 9.41. The highest BCUT2D eigenvalue weighted by atomic mass is 16.5. The van der Waals surface area contributed by atoms with Crippen LogP contribution in [-0.4, -0.2) is 49.0 Å². The van der Waals surface area contributed by atoms with E-state index in [0.29, 0.717) is 5.92 Å². The Bertz CT molecular complexity index is 148. The average molecular weight is 201 g/mol. The van der Waals surface area contributed by atoms with Crippen molar-refractivity contribution >= 4 is 0 Å².